The molecule has 0 bridgehead atoms. The molecule has 0 aliphatic carbocycles. The number of anilines is 1. The molecule has 1 unspecified atom stereocenters. The average Bonchev–Trinajstić information content (AvgIpc) is 2.83. The fraction of sp³-hybridized carbons (Fsp3) is 0.611. The van der Waals surface area contributed by atoms with Gasteiger partial charge in [-0.05, 0) is 50.8 Å². The molecule has 1 spiro atoms. The van der Waals surface area contributed by atoms with E-state index in [4.69, 9.17) is 10.5 Å². The van der Waals surface area contributed by atoms with E-state index >= 15 is 0 Å². The quantitative estimate of drug-likeness (QED) is 0.836. The van der Waals surface area contributed by atoms with E-state index in [2.05, 4.69) is 23.5 Å². The van der Waals surface area contributed by atoms with Gasteiger partial charge in [-0.2, -0.15) is 0 Å². The van der Waals surface area contributed by atoms with E-state index in [9.17, 15) is 4.79 Å². The Hall–Kier alpha value is -1.75. The van der Waals surface area contributed by atoms with E-state index in [-0.39, 0.29) is 11.5 Å². The highest BCUT2D eigenvalue weighted by Crippen LogP contribution is 2.43. The fourth-order valence-corrected chi connectivity index (χ4v) is 3.65. The SMILES string of the molecule is CC(C)(C)OC(=O)N1CCCC2(CNc3ccc(CN)cc32)C1. The molecule has 0 saturated carbocycles. The smallest absolute Gasteiger partial charge is 0.410 e. The summed E-state index contributed by atoms with van der Waals surface area (Å²) in [6, 6.07) is 6.38. The van der Waals surface area contributed by atoms with Crippen LogP contribution in [-0.4, -0.2) is 36.2 Å². The zero-order valence-electron chi connectivity index (χ0n) is 14.3. The van der Waals surface area contributed by atoms with E-state index in [1.165, 1.54) is 11.3 Å². The Morgan fingerprint density at radius 2 is 2.22 bits per heavy atom. The summed E-state index contributed by atoms with van der Waals surface area (Å²) in [6.45, 7) is 8.60. The molecular formula is C18H27N3O2. The van der Waals surface area contributed by atoms with Crippen LogP contribution in [0.25, 0.3) is 0 Å². The van der Waals surface area contributed by atoms with Gasteiger partial charge >= 0.3 is 6.09 Å². The number of nitrogens with zero attached hydrogens (tertiary/aromatic N) is 1. The number of ether oxygens (including phenoxy) is 1. The van der Waals surface area contributed by atoms with E-state index in [0.717, 1.165) is 31.5 Å². The van der Waals surface area contributed by atoms with Gasteiger partial charge in [-0.3, -0.25) is 0 Å². The molecule has 3 rings (SSSR count). The van der Waals surface area contributed by atoms with Crippen molar-refractivity contribution in [2.24, 2.45) is 5.73 Å². The lowest BCUT2D eigenvalue weighted by Gasteiger charge is -2.40. The first kappa shape index (κ1) is 16.1. The fourth-order valence-electron chi connectivity index (χ4n) is 3.65. The topological polar surface area (TPSA) is 67.6 Å². The number of nitrogens with two attached hydrogens (primary N) is 1. The lowest BCUT2D eigenvalue weighted by atomic mass is 9.75. The lowest BCUT2D eigenvalue weighted by molar-refractivity contribution is 0.0147. The van der Waals surface area contributed by atoms with Gasteiger partial charge in [0.05, 0.1) is 0 Å². The summed E-state index contributed by atoms with van der Waals surface area (Å²) in [6.07, 6.45) is 1.87. The van der Waals surface area contributed by atoms with Crippen LogP contribution in [0.1, 0.15) is 44.7 Å². The van der Waals surface area contributed by atoms with E-state index in [1.807, 2.05) is 25.7 Å². The second-order valence-electron chi connectivity index (χ2n) is 7.72. The van der Waals surface area contributed by atoms with Crippen LogP contribution >= 0.6 is 0 Å². The second kappa shape index (κ2) is 5.71. The van der Waals surface area contributed by atoms with Gasteiger partial charge in [-0.25, -0.2) is 4.79 Å². The molecule has 1 saturated heterocycles. The van der Waals surface area contributed by atoms with Crippen molar-refractivity contribution >= 4 is 11.8 Å². The highest BCUT2D eigenvalue weighted by atomic mass is 16.6. The van der Waals surface area contributed by atoms with Crippen molar-refractivity contribution in [3.8, 4) is 0 Å². The Kier molecular flexibility index (Phi) is 4.00. The molecule has 5 heteroatoms. The third kappa shape index (κ3) is 3.15. The Morgan fingerprint density at radius 3 is 2.91 bits per heavy atom. The average molecular weight is 317 g/mol. The maximum absolute atomic E-state index is 12.5. The molecule has 2 aliphatic rings. The Bertz CT molecular complexity index is 605. The number of rotatable bonds is 1. The van der Waals surface area contributed by atoms with Crippen LogP contribution in [0.4, 0.5) is 10.5 Å². The number of nitrogens with one attached hydrogen (secondary N) is 1. The van der Waals surface area contributed by atoms with Gasteiger partial charge in [-0.15, -0.1) is 0 Å². The molecule has 1 aromatic carbocycles. The molecular weight excluding hydrogens is 290 g/mol. The lowest BCUT2D eigenvalue weighted by Crippen LogP contribution is -2.50. The van der Waals surface area contributed by atoms with Gasteiger partial charge in [0.2, 0.25) is 0 Å². The zero-order valence-corrected chi connectivity index (χ0v) is 14.3. The maximum Gasteiger partial charge on any atom is 0.410 e. The Balaban J connectivity index is 1.83. The van der Waals surface area contributed by atoms with Crippen LogP contribution in [0.15, 0.2) is 18.2 Å². The van der Waals surface area contributed by atoms with Gasteiger partial charge in [-0.1, -0.05) is 12.1 Å². The summed E-state index contributed by atoms with van der Waals surface area (Å²) in [7, 11) is 0. The highest BCUT2D eigenvalue weighted by molar-refractivity contribution is 5.70. The monoisotopic (exact) mass is 317 g/mol. The molecule has 5 nitrogen and oxygen atoms in total. The molecule has 3 N–H and O–H groups in total. The summed E-state index contributed by atoms with van der Waals surface area (Å²) >= 11 is 0. The number of likely N-dealkylation sites (tertiary alicyclic amines) is 1. The van der Waals surface area contributed by atoms with Crippen LogP contribution in [0.2, 0.25) is 0 Å². The molecule has 1 aromatic rings. The van der Waals surface area contributed by atoms with Crippen molar-refractivity contribution < 1.29 is 9.53 Å². The molecule has 1 amide bonds. The minimum atomic E-state index is -0.458. The normalized spacial score (nSPS) is 23.6. The largest absolute Gasteiger partial charge is 0.444 e. The van der Waals surface area contributed by atoms with Crippen LogP contribution in [0, 0.1) is 0 Å². The minimum Gasteiger partial charge on any atom is -0.444 e. The summed E-state index contributed by atoms with van der Waals surface area (Å²) in [4.78, 5) is 14.3. The molecule has 2 heterocycles. The van der Waals surface area contributed by atoms with Crippen LogP contribution in [0.5, 0.6) is 0 Å². The van der Waals surface area contributed by atoms with E-state index in [0.29, 0.717) is 13.1 Å². The van der Waals surface area contributed by atoms with Crippen molar-refractivity contribution in [1.82, 2.24) is 4.90 Å². The third-order valence-corrected chi connectivity index (χ3v) is 4.74. The third-order valence-electron chi connectivity index (χ3n) is 4.74. The summed E-state index contributed by atoms with van der Waals surface area (Å²) in [5.41, 5.74) is 8.94. The minimum absolute atomic E-state index is 0.0182. The first-order valence-electron chi connectivity index (χ1n) is 8.38. The number of piperidine rings is 1. The summed E-state index contributed by atoms with van der Waals surface area (Å²) in [5, 5.41) is 3.50. The number of hydrogen-bond donors (Lipinski definition) is 2. The number of amides is 1. The maximum atomic E-state index is 12.5. The van der Waals surface area contributed by atoms with Gasteiger partial charge in [0.15, 0.2) is 0 Å². The van der Waals surface area contributed by atoms with Crippen LogP contribution < -0.4 is 11.1 Å². The second-order valence-corrected chi connectivity index (χ2v) is 7.72. The predicted molar refractivity (Wildman–Crippen MR) is 91.5 cm³/mol. The highest BCUT2D eigenvalue weighted by Gasteiger charge is 2.44. The van der Waals surface area contributed by atoms with Gasteiger partial charge in [0, 0.05) is 37.3 Å². The van der Waals surface area contributed by atoms with Gasteiger partial charge < -0.3 is 20.7 Å². The van der Waals surface area contributed by atoms with Gasteiger partial charge in [0.25, 0.3) is 0 Å². The number of hydrogen-bond acceptors (Lipinski definition) is 4. The number of fused-ring (bicyclic) bond motifs is 2. The molecule has 126 valence electrons. The van der Waals surface area contributed by atoms with E-state index in [1.54, 1.807) is 0 Å². The molecule has 0 radical (unpaired) electrons. The molecule has 1 fully saturated rings. The van der Waals surface area contributed by atoms with Crippen molar-refractivity contribution in [3.63, 3.8) is 0 Å². The molecule has 0 aromatic heterocycles. The Labute approximate surface area is 138 Å². The molecule has 1 atom stereocenters. The first-order valence-corrected chi connectivity index (χ1v) is 8.38. The van der Waals surface area contributed by atoms with Gasteiger partial charge in [0.1, 0.15) is 5.60 Å². The first-order chi connectivity index (χ1) is 10.8. The van der Waals surface area contributed by atoms with Crippen LogP contribution in [-0.2, 0) is 16.7 Å². The zero-order chi connectivity index (χ0) is 16.7. The standard InChI is InChI=1S/C18H27N3O2/c1-17(2,3)23-16(22)21-8-4-7-18(12-21)11-20-15-6-5-13(10-19)9-14(15)18/h5-6,9,20H,4,7-8,10-12,19H2,1-3H3. The molecule has 23 heavy (non-hydrogen) atoms. The number of carbonyl (C=O) groups excluding carboxylic acids is 1. The predicted octanol–water partition coefficient (Wildman–Crippen LogP) is 2.84. The van der Waals surface area contributed by atoms with E-state index < -0.39 is 5.60 Å². The van der Waals surface area contributed by atoms with Crippen molar-refractivity contribution in [1.29, 1.82) is 0 Å². The Morgan fingerprint density at radius 1 is 1.43 bits per heavy atom. The summed E-state index contributed by atoms with van der Waals surface area (Å²) < 4.78 is 5.56. The summed E-state index contributed by atoms with van der Waals surface area (Å²) in [5.74, 6) is 0. The number of benzene rings is 1. The van der Waals surface area contributed by atoms with Crippen molar-refractivity contribution in [2.75, 3.05) is 25.0 Å². The van der Waals surface area contributed by atoms with Crippen LogP contribution in [0.3, 0.4) is 0 Å². The van der Waals surface area contributed by atoms with Crippen molar-refractivity contribution in [2.45, 2.75) is 51.2 Å². The molecule has 2 aliphatic heterocycles. The van der Waals surface area contributed by atoms with Crippen molar-refractivity contribution in [3.05, 3.63) is 29.3 Å². The number of carbonyl (C=O) groups is 1.